The Morgan fingerprint density at radius 1 is 0.675 bits per heavy atom. The molecule has 206 valence electrons. The van der Waals surface area contributed by atoms with Crippen molar-refractivity contribution < 1.29 is 39.9 Å². The van der Waals surface area contributed by atoms with Crippen molar-refractivity contribution in [3.8, 4) is 28.0 Å². The first kappa shape index (κ1) is 28.6. The molecular weight excluding hydrogens is 540 g/mol. The number of ether oxygens (including phenoxy) is 1. The lowest BCUT2D eigenvalue weighted by Crippen LogP contribution is -2.19. The van der Waals surface area contributed by atoms with Crippen LogP contribution in [0.25, 0.3) is 28.1 Å². The zero-order valence-electron chi connectivity index (χ0n) is 20.6. The van der Waals surface area contributed by atoms with E-state index >= 15 is 0 Å². The molecule has 0 atom stereocenters. The number of halogens is 8. The standard InChI is InChI=1S/C31H20F8O/c1-2-25(32)29(36)22-12-10-21(11-13-22)20-8-5-18(6-9-20)3-4-19-7-14-24(26(33)15-19)23-16-27(34)30(28(35)17-23)40-31(37,38)39/h2,5-17H,1,3-4H2. The Bertz CT molecular complexity index is 1530. The second-order valence-electron chi connectivity index (χ2n) is 8.77. The third-order valence-corrected chi connectivity index (χ3v) is 6.08. The lowest BCUT2D eigenvalue weighted by atomic mass is 9.98. The monoisotopic (exact) mass is 560 g/mol. The molecule has 0 radical (unpaired) electrons. The summed E-state index contributed by atoms with van der Waals surface area (Å²) >= 11 is 0. The van der Waals surface area contributed by atoms with Crippen molar-refractivity contribution in [1.29, 1.82) is 0 Å². The van der Waals surface area contributed by atoms with Gasteiger partial charge in [-0.1, -0.05) is 67.2 Å². The van der Waals surface area contributed by atoms with Gasteiger partial charge in [0.2, 0.25) is 5.75 Å². The Morgan fingerprint density at radius 3 is 1.73 bits per heavy atom. The molecule has 0 bridgehead atoms. The lowest BCUT2D eigenvalue weighted by molar-refractivity contribution is -0.276. The van der Waals surface area contributed by atoms with E-state index in [1.54, 1.807) is 18.2 Å². The molecule has 9 heteroatoms. The van der Waals surface area contributed by atoms with Gasteiger partial charge in [-0.05, 0) is 64.9 Å². The molecule has 0 saturated heterocycles. The zero-order chi connectivity index (χ0) is 29.0. The summed E-state index contributed by atoms with van der Waals surface area (Å²) in [6, 6.07) is 18.9. The summed E-state index contributed by atoms with van der Waals surface area (Å²) < 4.78 is 111. The van der Waals surface area contributed by atoms with Gasteiger partial charge in [0, 0.05) is 11.1 Å². The van der Waals surface area contributed by atoms with Crippen LogP contribution in [-0.2, 0) is 12.8 Å². The lowest BCUT2D eigenvalue weighted by Gasteiger charge is -2.13. The van der Waals surface area contributed by atoms with Gasteiger partial charge in [0.05, 0.1) is 0 Å². The SMILES string of the molecule is C=CC(F)=C(F)c1ccc(-c2ccc(CCc3ccc(-c4cc(F)c(OC(F)(F)F)c(F)c4)c(F)c3)cc2)cc1. The van der Waals surface area contributed by atoms with Crippen molar-refractivity contribution in [3.05, 3.63) is 131 Å². The fourth-order valence-corrected chi connectivity index (χ4v) is 4.07. The highest BCUT2D eigenvalue weighted by Crippen LogP contribution is 2.34. The molecule has 4 aromatic carbocycles. The van der Waals surface area contributed by atoms with Crippen LogP contribution >= 0.6 is 0 Å². The second-order valence-corrected chi connectivity index (χ2v) is 8.77. The van der Waals surface area contributed by atoms with Crippen molar-refractivity contribution in [1.82, 2.24) is 0 Å². The molecule has 0 fully saturated rings. The molecule has 0 spiro atoms. The molecule has 0 N–H and O–H groups in total. The summed E-state index contributed by atoms with van der Waals surface area (Å²) in [5, 5.41) is 0. The quantitative estimate of drug-likeness (QED) is 0.154. The van der Waals surface area contributed by atoms with E-state index in [-0.39, 0.29) is 16.7 Å². The summed E-state index contributed by atoms with van der Waals surface area (Å²) in [7, 11) is 0. The largest absolute Gasteiger partial charge is 0.573 e. The highest BCUT2D eigenvalue weighted by Gasteiger charge is 2.34. The predicted octanol–water partition coefficient (Wildman–Crippen LogP) is 9.92. The van der Waals surface area contributed by atoms with E-state index in [2.05, 4.69) is 11.3 Å². The van der Waals surface area contributed by atoms with E-state index in [1.165, 1.54) is 24.3 Å². The van der Waals surface area contributed by atoms with Crippen molar-refractivity contribution in [2.75, 3.05) is 0 Å². The van der Waals surface area contributed by atoms with Crippen molar-refractivity contribution >= 4 is 5.83 Å². The van der Waals surface area contributed by atoms with Crippen LogP contribution in [0.2, 0.25) is 0 Å². The van der Waals surface area contributed by atoms with Gasteiger partial charge in [-0.2, -0.15) is 0 Å². The van der Waals surface area contributed by atoms with Gasteiger partial charge in [-0.15, -0.1) is 13.2 Å². The Kier molecular flexibility index (Phi) is 8.42. The molecular formula is C31H20F8O. The number of benzene rings is 4. The van der Waals surface area contributed by atoms with Crippen molar-refractivity contribution in [3.63, 3.8) is 0 Å². The van der Waals surface area contributed by atoms with Crippen LogP contribution in [0.5, 0.6) is 5.75 Å². The van der Waals surface area contributed by atoms with Gasteiger partial charge in [0.1, 0.15) is 5.82 Å². The molecule has 0 aromatic heterocycles. The van der Waals surface area contributed by atoms with E-state index in [0.717, 1.165) is 22.8 Å². The summed E-state index contributed by atoms with van der Waals surface area (Å²) in [6.45, 7) is 3.20. The molecule has 4 aromatic rings. The second kappa shape index (κ2) is 11.8. The van der Waals surface area contributed by atoms with Crippen LogP contribution in [-0.4, -0.2) is 6.36 Å². The first-order valence-corrected chi connectivity index (χ1v) is 11.9. The van der Waals surface area contributed by atoms with Crippen LogP contribution in [0.4, 0.5) is 35.1 Å². The van der Waals surface area contributed by atoms with Gasteiger partial charge in [-0.3, -0.25) is 0 Å². The molecule has 40 heavy (non-hydrogen) atoms. The fraction of sp³-hybridized carbons (Fsp3) is 0.0968. The Labute approximate surface area is 224 Å². The maximum absolute atomic E-state index is 14.8. The maximum Gasteiger partial charge on any atom is 0.573 e. The highest BCUT2D eigenvalue weighted by molar-refractivity contribution is 5.69. The summed E-state index contributed by atoms with van der Waals surface area (Å²) in [6.07, 6.45) is -3.51. The van der Waals surface area contributed by atoms with E-state index in [9.17, 15) is 35.1 Å². The predicted molar refractivity (Wildman–Crippen MR) is 137 cm³/mol. The smallest absolute Gasteiger partial charge is 0.399 e. The average molecular weight is 560 g/mol. The van der Waals surface area contributed by atoms with Crippen LogP contribution < -0.4 is 4.74 Å². The first-order chi connectivity index (χ1) is 18.9. The molecule has 0 aliphatic heterocycles. The number of alkyl halides is 3. The van der Waals surface area contributed by atoms with Crippen LogP contribution in [0, 0.1) is 17.5 Å². The topological polar surface area (TPSA) is 9.23 Å². The fourth-order valence-electron chi connectivity index (χ4n) is 4.07. The van der Waals surface area contributed by atoms with Gasteiger partial charge in [-0.25, -0.2) is 22.0 Å². The minimum Gasteiger partial charge on any atom is -0.399 e. The Morgan fingerprint density at radius 2 is 1.20 bits per heavy atom. The van der Waals surface area contributed by atoms with Crippen LogP contribution in [0.15, 0.2) is 97.3 Å². The molecule has 1 nitrogen and oxygen atoms in total. The maximum atomic E-state index is 14.8. The van der Waals surface area contributed by atoms with Crippen LogP contribution in [0.1, 0.15) is 16.7 Å². The minimum absolute atomic E-state index is 0.0961. The number of allylic oxidation sites excluding steroid dienone is 2. The van der Waals surface area contributed by atoms with Crippen LogP contribution in [0.3, 0.4) is 0 Å². The number of aryl methyl sites for hydroxylation is 2. The molecule has 0 aliphatic carbocycles. The van der Waals surface area contributed by atoms with Crippen molar-refractivity contribution in [2.45, 2.75) is 19.2 Å². The summed E-state index contributed by atoms with van der Waals surface area (Å²) in [4.78, 5) is 0. The van der Waals surface area contributed by atoms with Gasteiger partial charge >= 0.3 is 6.36 Å². The molecule has 0 saturated carbocycles. The molecule has 0 aliphatic rings. The number of hydrogen-bond acceptors (Lipinski definition) is 1. The summed E-state index contributed by atoms with van der Waals surface area (Å²) in [5.74, 6) is -7.65. The van der Waals surface area contributed by atoms with E-state index in [4.69, 9.17) is 0 Å². The Balaban J connectivity index is 1.43. The third-order valence-electron chi connectivity index (χ3n) is 6.08. The molecule has 0 unspecified atom stereocenters. The first-order valence-electron chi connectivity index (χ1n) is 11.9. The average Bonchev–Trinajstić information content (AvgIpc) is 2.93. The molecule has 4 rings (SSSR count). The van der Waals surface area contributed by atoms with E-state index in [0.29, 0.717) is 30.5 Å². The molecule has 0 heterocycles. The highest BCUT2D eigenvalue weighted by atomic mass is 19.4. The number of hydrogen-bond donors (Lipinski definition) is 0. The summed E-state index contributed by atoms with van der Waals surface area (Å²) in [5.41, 5.74) is 2.83. The van der Waals surface area contributed by atoms with Crippen molar-refractivity contribution in [2.24, 2.45) is 0 Å². The van der Waals surface area contributed by atoms with Gasteiger partial charge in [0.15, 0.2) is 23.3 Å². The number of rotatable bonds is 8. The Hall–Kier alpha value is -4.40. The minimum atomic E-state index is -5.28. The molecule has 0 amide bonds. The third kappa shape index (κ3) is 6.77. The zero-order valence-corrected chi connectivity index (χ0v) is 20.6. The van der Waals surface area contributed by atoms with E-state index in [1.807, 2.05) is 24.3 Å². The normalized spacial score (nSPS) is 12.2. The van der Waals surface area contributed by atoms with Gasteiger partial charge < -0.3 is 4.74 Å². The van der Waals surface area contributed by atoms with E-state index < -0.39 is 41.2 Å². The van der Waals surface area contributed by atoms with Gasteiger partial charge in [0.25, 0.3) is 0 Å².